The molecule has 0 N–H and O–H groups in total. The Bertz CT molecular complexity index is 1340. The number of benzene rings is 1. The molecule has 1 unspecified atom stereocenters. The first-order chi connectivity index (χ1) is 15.7. The molecule has 1 saturated heterocycles. The molecule has 9 heteroatoms. The number of piperidine rings is 1. The molecule has 1 fully saturated rings. The molecule has 9 nitrogen and oxygen atoms in total. The summed E-state index contributed by atoms with van der Waals surface area (Å²) >= 11 is 0. The number of pyridine rings is 1. The lowest BCUT2D eigenvalue weighted by atomic mass is 9.95. The zero-order chi connectivity index (χ0) is 22.1. The van der Waals surface area contributed by atoms with Gasteiger partial charge >= 0.3 is 5.97 Å². The highest BCUT2D eigenvalue weighted by atomic mass is 16.5. The number of ether oxygens (including phenoxy) is 1. The number of fused-ring (bicyclic) bond motifs is 2. The summed E-state index contributed by atoms with van der Waals surface area (Å²) in [6.45, 7) is 1.40. The Balaban J connectivity index is 1.47. The molecule has 0 bridgehead atoms. The number of esters is 1. The van der Waals surface area contributed by atoms with Crippen molar-refractivity contribution in [2.45, 2.75) is 24.7 Å². The Labute approximate surface area is 184 Å². The standard InChI is InChI=1S/C23H21N7O2/c1-32-23(31)16(14-24)20-22(26-18-7-3-2-6-17(18)25-20)29-12-9-15(10-13-29)21-28-27-19-8-4-5-11-30(19)21/h2-8,11,15-16H,9-10,12-13H2,1H3. The van der Waals surface area contributed by atoms with Crippen LogP contribution in [0, 0.1) is 11.3 Å². The van der Waals surface area contributed by atoms with Gasteiger partial charge in [-0.05, 0) is 37.1 Å². The van der Waals surface area contributed by atoms with Gasteiger partial charge in [-0.25, -0.2) is 9.97 Å². The van der Waals surface area contributed by atoms with Gasteiger partial charge in [0.2, 0.25) is 0 Å². The third-order valence-corrected chi connectivity index (χ3v) is 5.92. The Morgan fingerprint density at radius 2 is 1.81 bits per heavy atom. The lowest BCUT2D eigenvalue weighted by Crippen LogP contribution is -2.35. The van der Waals surface area contributed by atoms with Gasteiger partial charge in [-0.3, -0.25) is 9.20 Å². The number of rotatable bonds is 4. The van der Waals surface area contributed by atoms with E-state index in [-0.39, 0.29) is 5.92 Å². The summed E-state index contributed by atoms with van der Waals surface area (Å²) in [5.41, 5.74) is 2.53. The van der Waals surface area contributed by atoms with Gasteiger partial charge in [0.05, 0.1) is 24.2 Å². The molecule has 4 aromatic rings. The summed E-state index contributed by atoms with van der Waals surface area (Å²) in [5.74, 6) is 0.000958. The number of carbonyl (C=O) groups is 1. The van der Waals surface area contributed by atoms with E-state index in [9.17, 15) is 10.1 Å². The molecule has 5 rings (SSSR count). The molecule has 0 saturated carbocycles. The number of hydrogen-bond donors (Lipinski definition) is 0. The van der Waals surface area contributed by atoms with Gasteiger partial charge < -0.3 is 9.64 Å². The van der Waals surface area contributed by atoms with Gasteiger partial charge in [-0.2, -0.15) is 5.26 Å². The summed E-state index contributed by atoms with van der Waals surface area (Å²) in [6, 6.07) is 15.4. The zero-order valence-corrected chi connectivity index (χ0v) is 17.5. The average Bonchev–Trinajstić information content (AvgIpc) is 3.28. The van der Waals surface area contributed by atoms with Gasteiger partial charge in [0.25, 0.3) is 0 Å². The van der Waals surface area contributed by atoms with Crippen molar-refractivity contribution >= 4 is 28.5 Å². The maximum atomic E-state index is 12.3. The van der Waals surface area contributed by atoms with E-state index in [1.165, 1.54) is 7.11 Å². The molecule has 1 aliphatic heterocycles. The number of hydrogen-bond acceptors (Lipinski definition) is 8. The lowest BCUT2D eigenvalue weighted by molar-refractivity contribution is -0.141. The van der Waals surface area contributed by atoms with Crippen molar-refractivity contribution in [2.24, 2.45) is 0 Å². The second kappa shape index (κ2) is 8.23. The van der Waals surface area contributed by atoms with Gasteiger partial charge in [0, 0.05) is 25.2 Å². The number of aromatic nitrogens is 5. The van der Waals surface area contributed by atoms with Crippen molar-refractivity contribution in [1.82, 2.24) is 24.6 Å². The first-order valence-corrected chi connectivity index (χ1v) is 10.5. The number of para-hydroxylation sites is 2. The summed E-state index contributed by atoms with van der Waals surface area (Å²) < 4.78 is 6.89. The third-order valence-electron chi connectivity index (χ3n) is 5.92. The summed E-state index contributed by atoms with van der Waals surface area (Å²) in [5, 5.41) is 18.4. The lowest BCUT2D eigenvalue weighted by Gasteiger charge is -2.33. The zero-order valence-electron chi connectivity index (χ0n) is 17.5. The summed E-state index contributed by atoms with van der Waals surface area (Å²) in [6.07, 6.45) is 3.68. The maximum Gasteiger partial charge on any atom is 0.329 e. The molecular weight excluding hydrogens is 406 g/mol. The maximum absolute atomic E-state index is 12.3. The number of carbonyl (C=O) groups excluding carboxylic acids is 1. The fourth-order valence-electron chi connectivity index (χ4n) is 4.26. The molecule has 0 spiro atoms. The van der Waals surface area contributed by atoms with Crippen LogP contribution in [0.4, 0.5) is 5.82 Å². The Morgan fingerprint density at radius 3 is 2.53 bits per heavy atom. The van der Waals surface area contributed by atoms with E-state index in [0.29, 0.717) is 30.1 Å². The van der Waals surface area contributed by atoms with E-state index in [4.69, 9.17) is 9.72 Å². The van der Waals surface area contributed by atoms with Crippen LogP contribution in [0.5, 0.6) is 0 Å². The number of nitrogens with zero attached hydrogens (tertiary/aromatic N) is 7. The minimum absolute atomic E-state index is 0.257. The third kappa shape index (κ3) is 3.39. The number of anilines is 1. The van der Waals surface area contributed by atoms with E-state index in [0.717, 1.165) is 29.8 Å². The molecule has 0 aliphatic carbocycles. The molecule has 32 heavy (non-hydrogen) atoms. The predicted molar refractivity (Wildman–Crippen MR) is 117 cm³/mol. The summed E-state index contributed by atoms with van der Waals surface area (Å²) in [7, 11) is 1.27. The molecule has 4 heterocycles. The smallest absolute Gasteiger partial charge is 0.329 e. The van der Waals surface area contributed by atoms with Gasteiger partial charge in [-0.15, -0.1) is 10.2 Å². The topological polar surface area (TPSA) is 109 Å². The predicted octanol–water partition coefficient (Wildman–Crippen LogP) is 2.84. The van der Waals surface area contributed by atoms with Crippen molar-refractivity contribution in [3.05, 3.63) is 60.2 Å². The molecule has 1 aromatic carbocycles. The fourth-order valence-corrected chi connectivity index (χ4v) is 4.26. The SMILES string of the molecule is COC(=O)C(C#N)c1nc2ccccc2nc1N1CCC(c2nnc3ccccn23)CC1. The normalized spacial score (nSPS) is 15.6. The van der Waals surface area contributed by atoms with E-state index in [2.05, 4.69) is 20.1 Å². The second-order valence-corrected chi connectivity index (χ2v) is 7.75. The first-order valence-electron chi connectivity index (χ1n) is 10.5. The highest BCUT2D eigenvalue weighted by molar-refractivity contribution is 5.85. The van der Waals surface area contributed by atoms with Crippen LogP contribution in [-0.4, -0.2) is 50.7 Å². The number of nitriles is 1. The van der Waals surface area contributed by atoms with Crippen LogP contribution in [0.3, 0.4) is 0 Å². The van der Waals surface area contributed by atoms with Crippen LogP contribution < -0.4 is 4.90 Å². The van der Waals surface area contributed by atoms with Gasteiger partial charge in [-0.1, -0.05) is 18.2 Å². The van der Waals surface area contributed by atoms with Crippen LogP contribution in [0.15, 0.2) is 48.7 Å². The highest BCUT2D eigenvalue weighted by Gasteiger charge is 2.32. The Morgan fingerprint density at radius 1 is 1.09 bits per heavy atom. The molecule has 0 radical (unpaired) electrons. The largest absolute Gasteiger partial charge is 0.468 e. The molecule has 1 aliphatic rings. The average molecular weight is 427 g/mol. The second-order valence-electron chi connectivity index (χ2n) is 7.75. The van der Waals surface area contributed by atoms with Crippen molar-refractivity contribution in [3.63, 3.8) is 0 Å². The van der Waals surface area contributed by atoms with Crippen molar-refractivity contribution in [3.8, 4) is 6.07 Å². The molecular formula is C23H21N7O2. The van der Waals surface area contributed by atoms with Crippen molar-refractivity contribution in [2.75, 3.05) is 25.1 Å². The van der Waals surface area contributed by atoms with Crippen LogP contribution in [0.1, 0.15) is 36.2 Å². The van der Waals surface area contributed by atoms with Crippen LogP contribution in [-0.2, 0) is 9.53 Å². The van der Waals surface area contributed by atoms with Crippen LogP contribution in [0.25, 0.3) is 16.7 Å². The fraction of sp³-hybridized carbons (Fsp3) is 0.304. The summed E-state index contributed by atoms with van der Waals surface area (Å²) in [4.78, 5) is 23.8. The van der Waals surface area contributed by atoms with Gasteiger partial charge in [0.1, 0.15) is 11.5 Å². The minimum atomic E-state index is -1.13. The first kappa shape index (κ1) is 19.9. The van der Waals surface area contributed by atoms with E-state index in [1.54, 1.807) is 0 Å². The minimum Gasteiger partial charge on any atom is -0.468 e. The molecule has 1 atom stereocenters. The quantitative estimate of drug-likeness (QED) is 0.457. The van der Waals surface area contributed by atoms with Crippen LogP contribution >= 0.6 is 0 Å². The van der Waals surface area contributed by atoms with E-state index in [1.807, 2.05) is 59.1 Å². The Kier molecular flexibility index (Phi) is 5.11. The molecule has 3 aromatic heterocycles. The van der Waals surface area contributed by atoms with E-state index < -0.39 is 11.9 Å². The van der Waals surface area contributed by atoms with Gasteiger partial charge in [0.15, 0.2) is 17.4 Å². The molecule has 160 valence electrons. The highest BCUT2D eigenvalue weighted by Crippen LogP contribution is 2.33. The molecule has 0 amide bonds. The van der Waals surface area contributed by atoms with Crippen molar-refractivity contribution < 1.29 is 9.53 Å². The van der Waals surface area contributed by atoms with Crippen LogP contribution in [0.2, 0.25) is 0 Å². The van der Waals surface area contributed by atoms with Crippen molar-refractivity contribution in [1.29, 1.82) is 5.26 Å². The monoisotopic (exact) mass is 427 g/mol. The number of methoxy groups -OCH3 is 1. The Hall–Kier alpha value is -4.06. The van der Waals surface area contributed by atoms with E-state index >= 15 is 0 Å².